The summed E-state index contributed by atoms with van der Waals surface area (Å²) in [5.74, 6) is 0.253. The summed E-state index contributed by atoms with van der Waals surface area (Å²) in [6, 6.07) is 16.2. The van der Waals surface area contributed by atoms with E-state index >= 15 is 0 Å². The zero-order valence-electron chi connectivity index (χ0n) is 17.4. The maximum atomic E-state index is 12.7. The minimum Gasteiger partial charge on any atom is -0.496 e. The number of methoxy groups -OCH3 is 2. The second-order valence-electron chi connectivity index (χ2n) is 7.12. The van der Waals surface area contributed by atoms with Crippen molar-refractivity contribution >= 4 is 17.8 Å². The fraction of sp³-hybridized carbons (Fsp3) is 0.333. The number of carbonyl (C=O) groups is 2. The molecule has 29 heavy (non-hydrogen) atoms. The van der Waals surface area contributed by atoms with Crippen LogP contribution in [0.2, 0.25) is 0 Å². The van der Waals surface area contributed by atoms with Crippen molar-refractivity contribution < 1.29 is 19.1 Å². The summed E-state index contributed by atoms with van der Waals surface area (Å²) in [7, 11) is 2.96. The molecule has 0 aliphatic rings. The number of esters is 1. The van der Waals surface area contributed by atoms with Gasteiger partial charge in [0.1, 0.15) is 11.8 Å². The highest BCUT2D eigenvalue weighted by Gasteiger charge is 2.28. The summed E-state index contributed by atoms with van der Waals surface area (Å²) in [5, 5.41) is 3.32. The van der Waals surface area contributed by atoms with Gasteiger partial charge in [-0.05, 0) is 23.6 Å². The average Bonchev–Trinajstić information content (AvgIpc) is 2.75. The van der Waals surface area contributed by atoms with Crippen molar-refractivity contribution in [2.45, 2.75) is 32.4 Å². The zero-order valence-corrected chi connectivity index (χ0v) is 17.4. The Bertz CT molecular complexity index is 830. The van der Waals surface area contributed by atoms with E-state index in [-0.39, 0.29) is 24.1 Å². The van der Waals surface area contributed by atoms with E-state index in [4.69, 9.17) is 9.47 Å². The van der Waals surface area contributed by atoms with Gasteiger partial charge >= 0.3 is 5.97 Å². The summed E-state index contributed by atoms with van der Waals surface area (Å²) in [6.07, 6.45) is 3.55. The Kier molecular flexibility index (Phi) is 8.62. The molecule has 2 aromatic rings. The van der Waals surface area contributed by atoms with Gasteiger partial charge in [0.25, 0.3) is 0 Å². The maximum Gasteiger partial charge on any atom is 0.323 e. The van der Waals surface area contributed by atoms with E-state index in [1.807, 2.05) is 68.4 Å². The van der Waals surface area contributed by atoms with Crippen LogP contribution in [0.25, 0.3) is 6.08 Å². The third-order valence-corrected chi connectivity index (χ3v) is 4.68. The maximum absolute atomic E-state index is 12.7. The molecule has 0 fully saturated rings. The predicted octanol–water partition coefficient (Wildman–Crippen LogP) is 4.20. The van der Waals surface area contributed by atoms with Gasteiger partial charge in [-0.15, -0.1) is 0 Å². The fourth-order valence-electron chi connectivity index (χ4n) is 3.11. The summed E-state index contributed by atoms with van der Waals surface area (Å²) in [5.41, 5.74) is 1.78. The lowest BCUT2D eigenvalue weighted by Crippen LogP contribution is -2.44. The normalized spacial score (nSPS) is 13.3. The second kappa shape index (κ2) is 11.2. The summed E-state index contributed by atoms with van der Waals surface area (Å²) < 4.78 is 10.4. The Morgan fingerprint density at radius 3 is 2.28 bits per heavy atom. The largest absolute Gasteiger partial charge is 0.496 e. The molecule has 2 rings (SSSR count). The molecule has 5 heteroatoms. The fourth-order valence-corrected chi connectivity index (χ4v) is 3.11. The summed E-state index contributed by atoms with van der Waals surface area (Å²) >= 11 is 0. The smallest absolute Gasteiger partial charge is 0.323 e. The zero-order chi connectivity index (χ0) is 21.2. The Morgan fingerprint density at radius 2 is 1.66 bits per heavy atom. The highest BCUT2D eigenvalue weighted by molar-refractivity contribution is 5.94. The number of nitrogens with one attached hydrogen (secondary N) is 1. The molecule has 0 aliphatic heterocycles. The van der Waals surface area contributed by atoms with Crippen LogP contribution in [0.4, 0.5) is 0 Å². The standard InChI is InChI=1S/C24H29NO4/c1-17(2)23(24(27)29-4)25-21(20-12-8-9-13-22(20)28-3)16-19(26)15-14-18-10-6-5-7-11-18/h5-15,17,21,23,25H,16H2,1-4H3/b15-14-/t21?,23-/m0/s1. The highest BCUT2D eigenvalue weighted by atomic mass is 16.5. The number of ether oxygens (including phenoxy) is 2. The first-order chi connectivity index (χ1) is 14.0. The van der Waals surface area contributed by atoms with E-state index in [1.165, 1.54) is 7.11 Å². The summed E-state index contributed by atoms with van der Waals surface area (Å²) in [6.45, 7) is 3.87. The molecular weight excluding hydrogens is 366 g/mol. The Hall–Kier alpha value is -2.92. The monoisotopic (exact) mass is 395 g/mol. The van der Waals surface area contributed by atoms with Crippen LogP contribution in [0.1, 0.15) is 37.4 Å². The Morgan fingerprint density at radius 1 is 1.00 bits per heavy atom. The van der Waals surface area contributed by atoms with E-state index in [1.54, 1.807) is 19.3 Å². The lowest BCUT2D eigenvalue weighted by Gasteiger charge is -2.27. The molecule has 5 nitrogen and oxygen atoms in total. The topological polar surface area (TPSA) is 64.6 Å². The Labute approximate surface area is 172 Å². The molecule has 0 radical (unpaired) electrons. The molecule has 154 valence electrons. The van der Waals surface area contributed by atoms with E-state index in [2.05, 4.69) is 5.32 Å². The van der Waals surface area contributed by atoms with Crippen molar-refractivity contribution in [3.8, 4) is 5.75 Å². The van der Waals surface area contributed by atoms with Gasteiger partial charge in [0, 0.05) is 18.0 Å². The van der Waals surface area contributed by atoms with Gasteiger partial charge in [-0.1, -0.05) is 68.5 Å². The number of para-hydroxylation sites is 1. The molecule has 2 aromatic carbocycles. The second-order valence-corrected chi connectivity index (χ2v) is 7.12. The van der Waals surface area contributed by atoms with Crippen LogP contribution in [0.15, 0.2) is 60.7 Å². The average molecular weight is 395 g/mol. The van der Waals surface area contributed by atoms with Gasteiger partial charge in [0.05, 0.1) is 14.2 Å². The van der Waals surface area contributed by atoms with Crippen LogP contribution < -0.4 is 10.1 Å². The molecule has 2 atom stereocenters. The van der Waals surface area contributed by atoms with Crippen LogP contribution in [-0.4, -0.2) is 32.0 Å². The van der Waals surface area contributed by atoms with Gasteiger partial charge in [-0.3, -0.25) is 14.9 Å². The third kappa shape index (κ3) is 6.57. The van der Waals surface area contributed by atoms with E-state index in [9.17, 15) is 9.59 Å². The van der Waals surface area contributed by atoms with Gasteiger partial charge in [-0.25, -0.2) is 0 Å². The first-order valence-corrected chi connectivity index (χ1v) is 9.69. The van der Waals surface area contributed by atoms with Crippen LogP contribution in [0.3, 0.4) is 0 Å². The number of allylic oxidation sites excluding steroid dienone is 1. The van der Waals surface area contributed by atoms with Crippen molar-refractivity contribution in [1.82, 2.24) is 5.32 Å². The van der Waals surface area contributed by atoms with Crippen LogP contribution in [0.5, 0.6) is 5.75 Å². The van der Waals surface area contributed by atoms with Crippen molar-refractivity contribution in [1.29, 1.82) is 0 Å². The highest BCUT2D eigenvalue weighted by Crippen LogP contribution is 2.28. The molecule has 0 saturated carbocycles. The van der Waals surface area contributed by atoms with Crippen molar-refractivity contribution in [2.24, 2.45) is 5.92 Å². The van der Waals surface area contributed by atoms with E-state index < -0.39 is 12.1 Å². The predicted molar refractivity (Wildman–Crippen MR) is 115 cm³/mol. The van der Waals surface area contributed by atoms with Crippen LogP contribution in [0, 0.1) is 5.92 Å². The van der Waals surface area contributed by atoms with Crippen LogP contribution in [-0.2, 0) is 14.3 Å². The lowest BCUT2D eigenvalue weighted by molar-refractivity contribution is -0.144. The van der Waals surface area contributed by atoms with Gasteiger partial charge in [-0.2, -0.15) is 0 Å². The molecule has 0 amide bonds. The minimum absolute atomic E-state index is 0.00498. The Balaban J connectivity index is 2.27. The van der Waals surface area contributed by atoms with Gasteiger partial charge in [0.15, 0.2) is 5.78 Å². The third-order valence-electron chi connectivity index (χ3n) is 4.68. The molecule has 0 saturated heterocycles. The van der Waals surface area contributed by atoms with Crippen molar-refractivity contribution in [3.05, 3.63) is 71.8 Å². The lowest BCUT2D eigenvalue weighted by atomic mass is 9.96. The van der Waals surface area contributed by atoms with Gasteiger partial charge in [0.2, 0.25) is 0 Å². The number of ketones is 1. The molecule has 1 N–H and O–H groups in total. The van der Waals surface area contributed by atoms with Crippen molar-refractivity contribution in [3.63, 3.8) is 0 Å². The van der Waals surface area contributed by atoms with Crippen LogP contribution >= 0.6 is 0 Å². The first kappa shape index (κ1) is 22.4. The first-order valence-electron chi connectivity index (χ1n) is 9.69. The molecule has 0 heterocycles. The van der Waals surface area contributed by atoms with E-state index in [0.29, 0.717) is 5.75 Å². The number of benzene rings is 2. The number of carbonyl (C=O) groups excluding carboxylic acids is 2. The molecule has 1 unspecified atom stereocenters. The van der Waals surface area contributed by atoms with Crippen molar-refractivity contribution in [2.75, 3.05) is 14.2 Å². The SMILES string of the molecule is COC(=O)[C@@H](NC(CC(=O)/C=C\c1ccccc1)c1ccccc1OC)C(C)C. The number of hydrogen-bond donors (Lipinski definition) is 1. The minimum atomic E-state index is -0.541. The number of hydrogen-bond acceptors (Lipinski definition) is 5. The molecule has 0 bridgehead atoms. The quantitative estimate of drug-likeness (QED) is 0.483. The van der Waals surface area contributed by atoms with Gasteiger partial charge < -0.3 is 9.47 Å². The molecule has 0 spiro atoms. The molecular formula is C24H29NO4. The summed E-state index contributed by atoms with van der Waals surface area (Å²) in [4.78, 5) is 25.0. The van der Waals surface area contributed by atoms with E-state index in [0.717, 1.165) is 11.1 Å². The number of rotatable bonds is 10. The molecule has 0 aliphatic carbocycles. The molecule has 0 aromatic heterocycles.